The molecule has 0 bridgehead atoms. The van der Waals surface area contributed by atoms with E-state index in [4.69, 9.17) is 14.4 Å². The Morgan fingerprint density at radius 2 is 2.25 bits per heavy atom. The first kappa shape index (κ1) is 13.5. The average Bonchev–Trinajstić information content (AvgIpc) is 2.97. The van der Waals surface area contributed by atoms with Gasteiger partial charge in [-0.3, -0.25) is 0 Å². The number of carbonyl (C=O) groups is 1. The van der Waals surface area contributed by atoms with Crippen molar-refractivity contribution in [3.05, 3.63) is 48.4 Å². The first-order valence-corrected chi connectivity index (χ1v) is 5.95. The minimum absolute atomic E-state index is 0.0336. The van der Waals surface area contributed by atoms with Gasteiger partial charge in [0, 0.05) is 11.8 Å². The lowest BCUT2D eigenvalue weighted by atomic mass is 10.3. The highest BCUT2D eigenvalue weighted by Crippen LogP contribution is 2.17. The van der Waals surface area contributed by atoms with E-state index in [-0.39, 0.29) is 12.6 Å². The number of urea groups is 1. The molecule has 0 unspecified atom stereocenters. The van der Waals surface area contributed by atoms with E-state index in [9.17, 15) is 4.79 Å². The lowest BCUT2D eigenvalue weighted by molar-refractivity contribution is 0.251. The van der Waals surface area contributed by atoms with Crippen LogP contribution in [0, 0.1) is 11.3 Å². The Morgan fingerprint density at radius 3 is 3.00 bits per heavy atom. The summed E-state index contributed by atoms with van der Waals surface area (Å²) in [5.74, 6) is 1.20. The fourth-order valence-corrected chi connectivity index (χ4v) is 1.54. The number of carbonyl (C=O) groups excluding carboxylic acids is 1. The molecule has 1 aromatic carbocycles. The van der Waals surface area contributed by atoms with Crippen molar-refractivity contribution in [1.82, 2.24) is 5.32 Å². The predicted octanol–water partition coefficient (Wildman–Crippen LogP) is 2.50. The van der Waals surface area contributed by atoms with Gasteiger partial charge in [-0.25, -0.2) is 4.79 Å². The van der Waals surface area contributed by atoms with Crippen LogP contribution in [-0.2, 0) is 6.54 Å². The van der Waals surface area contributed by atoms with Crippen molar-refractivity contribution in [3.8, 4) is 11.8 Å². The summed E-state index contributed by atoms with van der Waals surface area (Å²) in [5, 5.41) is 13.8. The maximum Gasteiger partial charge on any atom is 0.319 e. The Hall–Kier alpha value is -2.94. The van der Waals surface area contributed by atoms with Gasteiger partial charge in [0.2, 0.25) is 0 Å². The third-order valence-corrected chi connectivity index (χ3v) is 2.40. The van der Waals surface area contributed by atoms with E-state index < -0.39 is 0 Å². The van der Waals surface area contributed by atoms with Crippen LogP contribution in [0.1, 0.15) is 5.76 Å². The number of amides is 2. The largest absolute Gasteiger partial charge is 0.479 e. The van der Waals surface area contributed by atoms with Gasteiger partial charge in [0.1, 0.15) is 17.6 Å². The number of ether oxygens (including phenoxy) is 1. The third-order valence-electron chi connectivity index (χ3n) is 2.40. The molecule has 0 atom stereocenters. The lowest BCUT2D eigenvalue weighted by Crippen LogP contribution is -2.27. The molecule has 1 heterocycles. The van der Waals surface area contributed by atoms with Crippen LogP contribution >= 0.6 is 0 Å². The summed E-state index contributed by atoms with van der Waals surface area (Å²) in [6.45, 7) is 0.275. The summed E-state index contributed by atoms with van der Waals surface area (Å²) < 4.78 is 10.3. The van der Waals surface area contributed by atoms with Crippen molar-refractivity contribution in [1.29, 1.82) is 5.26 Å². The molecule has 6 nitrogen and oxygen atoms in total. The number of benzene rings is 1. The highest BCUT2D eigenvalue weighted by atomic mass is 16.5. The Bertz CT molecular complexity index is 602. The van der Waals surface area contributed by atoms with E-state index in [0.29, 0.717) is 23.7 Å². The maximum atomic E-state index is 11.7. The number of rotatable bonds is 5. The van der Waals surface area contributed by atoms with E-state index in [1.165, 1.54) is 0 Å². The quantitative estimate of drug-likeness (QED) is 0.874. The van der Waals surface area contributed by atoms with Crippen LogP contribution in [0.5, 0.6) is 5.75 Å². The van der Waals surface area contributed by atoms with Gasteiger partial charge in [-0.1, -0.05) is 6.07 Å². The van der Waals surface area contributed by atoms with Gasteiger partial charge in [-0.2, -0.15) is 5.26 Å². The molecular formula is C14H13N3O3. The van der Waals surface area contributed by atoms with Crippen molar-refractivity contribution in [3.63, 3.8) is 0 Å². The Kier molecular flexibility index (Phi) is 4.62. The second-order valence-corrected chi connectivity index (χ2v) is 3.86. The molecule has 2 rings (SSSR count). The van der Waals surface area contributed by atoms with E-state index in [0.717, 1.165) is 0 Å². The fourth-order valence-electron chi connectivity index (χ4n) is 1.54. The number of hydrogen-bond acceptors (Lipinski definition) is 4. The third kappa shape index (κ3) is 4.07. The SMILES string of the molecule is N#CCOc1cccc(NC(=O)NCc2ccco2)c1. The zero-order valence-electron chi connectivity index (χ0n) is 10.6. The normalized spacial score (nSPS) is 9.55. The Labute approximate surface area is 116 Å². The Balaban J connectivity index is 1.86. The minimum atomic E-state index is -0.348. The maximum absolute atomic E-state index is 11.7. The molecule has 2 N–H and O–H groups in total. The molecular weight excluding hydrogens is 258 g/mol. The van der Waals surface area contributed by atoms with Crippen LogP contribution in [0.3, 0.4) is 0 Å². The summed E-state index contributed by atoms with van der Waals surface area (Å²) >= 11 is 0. The van der Waals surface area contributed by atoms with Gasteiger partial charge in [-0.15, -0.1) is 0 Å². The summed E-state index contributed by atoms with van der Waals surface area (Å²) in [4.78, 5) is 11.7. The number of nitrogens with one attached hydrogen (secondary N) is 2. The lowest BCUT2D eigenvalue weighted by Gasteiger charge is -2.08. The summed E-state index contributed by atoms with van der Waals surface area (Å²) in [6.07, 6.45) is 1.55. The van der Waals surface area contributed by atoms with Crippen LogP contribution in [0.4, 0.5) is 10.5 Å². The van der Waals surface area contributed by atoms with E-state index in [1.807, 2.05) is 6.07 Å². The van der Waals surface area contributed by atoms with Crippen molar-refractivity contribution in [2.45, 2.75) is 6.54 Å². The van der Waals surface area contributed by atoms with Crippen molar-refractivity contribution >= 4 is 11.7 Å². The van der Waals surface area contributed by atoms with Gasteiger partial charge >= 0.3 is 6.03 Å². The smallest absolute Gasteiger partial charge is 0.319 e. The zero-order chi connectivity index (χ0) is 14.2. The molecule has 0 saturated heterocycles. The molecule has 20 heavy (non-hydrogen) atoms. The average molecular weight is 271 g/mol. The molecule has 2 amide bonds. The monoisotopic (exact) mass is 271 g/mol. The number of nitrogens with zero attached hydrogens (tertiary/aromatic N) is 1. The Morgan fingerprint density at radius 1 is 1.35 bits per heavy atom. The van der Waals surface area contributed by atoms with Crippen molar-refractivity contribution in [2.24, 2.45) is 0 Å². The van der Waals surface area contributed by atoms with E-state index >= 15 is 0 Å². The molecule has 2 aromatic rings. The van der Waals surface area contributed by atoms with Gasteiger partial charge in [0.05, 0.1) is 12.8 Å². The van der Waals surface area contributed by atoms with E-state index in [1.54, 1.807) is 42.7 Å². The van der Waals surface area contributed by atoms with Crippen molar-refractivity contribution < 1.29 is 13.9 Å². The standard InChI is InChI=1S/C14H13N3O3/c15-6-8-20-12-4-1-3-11(9-12)17-14(18)16-10-13-5-2-7-19-13/h1-5,7,9H,8,10H2,(H2,16,17,18). The van der Waals surface area contributed by atoms with Crippen LogP contribution in [0.2, 0.25) is 0 Å². The summed E-state index contributed by atoms with van der Waals surface area (Å²) in [5.41, 5.74) is 0.581. The molecule has 0 spiro atoms. The number of anilines is 1. The zero-order valence-corrected chi connectivity index (χ0v) is 10.6. The predicted molar refractivity (Wildman–Crippen MR) is 72.1 cm³/mol. The summed E-state index contributed by atoms with van der Waals surface area (Å²) in [7, 11) is 0. The first-order valence-electron chi connectivity index (χ1n) is 5.95. The molecule has 0 aliphatic heterocycles. The number of hydrogen-bond donors (Lipinski definition) is 2. The summed E-state index contributed by atoms with van der Waals surface area (Å²) in [6, 6.07) is 11.9. The van der Waals surface area contributed by atoms with Gasteiger partial charge in [0.15, 0.2) is 6.61 Å². The minimum Gasteiger partial charge on any atom is -0.479 e. The van der Waals surface area contributed by atoms with E-state index in [2.05, 4.69) is 10.6 Å². The number of nitriles is 1. The second kappa shape index (κ2) is 6.85. The topological polar surface area (TPSA) is 87.3 Å². The van der Waals surface area contributed by atoms with Gasteiger partial charge < -0.3 is 19.8 Å². The fraction of sp³-hybridized carbons (Fsp3) is 0.143. The molecule has 0 fully saturated rings. The molecule has 1 aromatic heterocycles. The van der Waals surface area contributed by atoms with Crippen LogP contribution in [-0.4, -0.2) is 12.6 Å². The molecule has 0 aliphatic carbocycles. The first-order chi connectivity index (χ1) is 9.78. The highest BCUT2D eigenvalue weighted by Gasteiger charge is 2.04. The van der Waals surface area contributed by atoms with Crippen LogP contribution in [0.15, 0.2) is 47.1 Å². The van der Waals surface area contributed by atoms with Crippen molar-refractivity contribution in [2.75, 3.05) is 11.9 Å². The van der Waals surface area contributed by atoms with Crippen LogP contribution in [0.25, 0.3) is 0 Å². The van der Waals surface area contributed by atoms with Crippen LogP contribution < -0.4 is 15.4 Å². The molecule has 6 heteroatoms. The molecule has 0 aliphatic rings. The number of furan rings is 1. The highest BCUT2D eigenvalue weighted by molar-refractivity contribution is 5.89. The van der Waals surface area contributed by atoms with Gasteiger partial charge in [-0.05, 0) is 24.3 Å². The molecule has 102 valence electrons. The van der Waals surface area contributed by atoms with Gasteiger partial charge in [0.25, 0.3) is 0 Å². The molecule has 0 saturated carbocycles. The molecule has 0 radical (unpaired) electrons. The second-order valence-electron chi connectivity index (χ2n) is 3.86.